The summed E-state index contributed by atoms with van der Waals surface area (Å²) in [6.45, 7) is 3.96. The number of urea groups is 1. The van der Waals surface area contributed by atoms with Gasteiger partial charge in [-0.2, -0.15) is 0 Å². The molecule has 0 aliphatic heterocycles. The first-order valence-corrected chi connectivity index (χ1v) is 11.1. The van der Waals surface area contributed by atoms with Gasteiger partial charge in [-0.3, -0.25) is 4.79 Å². The van der Waals surface area contributed by atoms with Gasteiger partial charge < -0.3 is 30.6 Å². The number of hydrogen-bond acceptors (Lipinski definition) is 5. The van der Waals surface area contributed by atoms with E-state index in [4.69, 9.17) is 14.9 Å². The van der Waals surface area contributed by atoms with Crippen LogP contribution in [0.1, 0.15) is 55.1 Å². The van der Waals surface area contributed by atoms with E-state index >= 15 is 0 Å². The van der Waals surface area contributed by atoms with E-state index in [0.717, 1.165) is 53.5 Å². The van der Waals surface area contributed by atoms with Crippen LogP contribution in [0.4, 0.5) is 4.79 Å². The summed E-state index contributed by atoms with van der Waals surface area (Å²) in [7, 11) is 1.58. The molecular formula is C24H31N3O6. The number of furan rings is 1. The second-order valence-electron chi connectivity index (χ2n) is 8.33. The lowest BCUT2D eigenvalue weighted by molar-refractivity contribution is -0.141. The van der Waals surface area contributed by atoms with Crippen LogP contribution in [0.5, 0.6) is 5.75 Å². The number of nitrogens with one attached hydrogen (secondary N) is 2. The number of carbonyl (C=O) groups excluding carboxylic acids is 2. The number of benzene rings is 1. The van der Waals surface area contributed by atoms with Crippen LogP contribution in [0.2, 0.25) is 0 Å². The van der Waals surface area contributed by atoms with Crippen molar-refractivity contribution in [2.75, 3.05) is 13.7 Å². The van der Waals surface area contributed by atoms with Gasteiger partial charge in [-0.05, 0) is 57.6 Å². The molecule has 9 nitrogen and oxygen atoms in total. The predicted octanol–water partition coefficient (Wildman–Crippen LogP) is 3.05. The number of amides is 3. The molecular weight excluding hydrogens is 426 g/mol. The standard InChI is InChI=1S/C24H31N3O6/c1-13(11-20(28)27-18(23(29)30)8-6-10-26-24(25)31)16-12-17-15-7-4-5-9-19(15)33-22(17)14(2)21(16)32-3/h11-12,18H,4-10H2,1-3H3,(H,27,28)(H,29,30)(H3,25,26,31)/b13-11+. The third-order valence-corrected chi connectivity index (χ3v) is 5.99. The molecule has 178 valence electrons. The Morgan fingerprint density at radius 2 is 2.03 bits per heavy atom. The predicted molar refractivity (Wildman–Crippen MR) is 124 cm³/mol. The van der Waals surface area contributed by atoms with Gasteiger partial charge in [0, 0.05) is 41.1 Å². The van der Waals surface area contributed by atoms with Crippen molar-refractivity contribution in [2.45, 2.75) is 58.4 Å². The normalized spacial score (nSPS) is 14.5. The number of ether oxygens (including phenoxy) is 1. The van der Waals surface area contributed by atoms with E-state index in [1.54, 1.807) is 14.0 Å². The van der Waals surface area contributed by atoms with E-state index in [2.05, 4.69) is 10.6 Å². The highest BCUT2D eigenvalue weighted by Gasteiger charge is 2.24. The average molecular weight is 458 g/mol. The maximum Gasteiger partial charge on any atom is 0.326 e. The molecule has 0 fully saturated rings. The van der Waals surface area contributed by atoms with E-state index in [-0.39, 0.29) is 13.0 Å². The Bertz CT molecular complexity index is 1100. The number of carbonyl (C=O) groups is 3. The number of methoxy groups -OCH3 is 1. The summed E-state index contributed by atoms with van der Waals surface area (Å²) >= 11 is 0. The van der Waals surface area contributed by atoms with Crippen LogP contribution in [0.25, 0.3) is 16.5 Å². The molecule has 5 N–H and O–H groups in total. The summed E-state index contributed by atoms with van der Waals surface area (Å²) in [6, 6.07) is 0.241. The first kappa shape index (κ1) is 24.2. The van der Waals surface area contributed by atoms with Gasteiger partial charge in [-0.1, -0.05) is 0 Å². The topological polar surface area (TPSA) is 144 Å². The van der Waals surface area contributed by atoms with E-state index < -0.39 is 23.9 Å². The fraction of sp³-hybridized carbons (Fsp3) is 0.458. The Morgan fingerprint density at radius 1 is 1.30 bits per heavy atom. The number of primary amides is 1. The molecule has 33 heavy (non-hydrogen) atoms. The number of aryl methyl sites for hydroxylation is 3. The van der Waals surface area contributed by atoms with Crippen LogP contribution in [-0.4, -0.2) is 42.7 Å². The Balaban J connectivity index is 1.83. The van der Waals surface area contributed by atoms with Crippen molar-refractivity contribution in [1.82, 2.24) is 10.6 Å². The Morgan fingerprint density at radius 3 is 2.70 bits per heavy atom. The zero-order valence-electron chi connectivity index (χ0n) is 19.2. The summed E-state index contributed by atoms with van der Waals surface area (Å²) in [5, 5.41) is 15.4. The maximum absolute atomic E-state index is 12.6. The molecule has 1 unspecified atom stereocenters. The molecule has 9 heteroatoms. The fourth-order valence-electron chi connectivity index (χ4n) is 4.36. The minimum Gasteiger partial charge on any atom is -0.496 e. The molecule has 0 radical (unpaired) electrons. The van der Waals surface area contributed by atoms with Gasteiger partial charge in [0.15, 0.2) is 0 Å². The molecule has 1 aromatic carbocycles. The van der Waals surface area contributed by atoms with Gasteiger partial charge in [0.1, 0.15) is 23.1 Å². The van der Waals surface area contributed by atoms with Gasteiger partial charge in [-0.25, -0.2) is 9.59 Å². The summed E-state index contributed by atoms with van der Waals surface area (Å²) < 4.78 is 11.8. The first-order valence-electron chi connectivity index (χ1n) is 11.1. The minimum atomic E-state index is -1.15. The highest BCUT2D eigenvalue weighted by molar-refractivity contribution is 5.99. The van der Waals surface area contributed by atoms with E-state index in [1.165, 1.54) is 11.6 Å². The number of aliphatic carboxylic acids is 1. The van der Waals surface area contributed by atoms with Crippen LogP contribution >= 0.6 is 0 Å². The number of fused-ring (bicyclic) bond motifs is 3. The molecule has 1 aromatic heterocycles. The zero-order valence-corrected chi connectivity index (χ0v) is 19.2. The molecule has 0 saturated heterocycles. The highest BCUT2D eigenvalue weighted by Crippen LogP contribution is 2.40. The summed E-state index contributed by atoms with van der Waals surface area (Å²) in [5.74, 6) is -0.0133. The molecule has 1 heterocycles. The third-order valence-electron chi connectivity index (χ3n) is 5.99. The Hall–Kier alpha value is -3.49. The van der Waals surface area contributed by atoms with Crippen LogP contribution in [-0.2, 0) is 22.4 Å². The molecule has 2 aromatic rings. The van der Waals surface area contributed by atoms with Crippen LogP contribution < -0.4 is 21.1 Å². The largest absolute Gasteiger partial charge is 0.496 e. The highest BCUT2D eigenvalue weighted by atomic mass is 16.5. The quantitative estimate of drug-likeness (QED) is 0.336. The van der Waals surface area contributed by atoms with Crippen molar-refractivity contribution < 1.29 is 28.6 Å². The van der Waals surface area contributed by atoms with Crippen molar-refractivity contribution >= 4 is 34.4 Å². The number of rotatable bonds is 9. The fourth-order valence-corrected chi connectivity index (χ4v) is 4.36. The zero-order chi connectivity index (χ0) is 24.1. The van der Waals surface area contributed by atoms with Crippen molar-refractivity contribution in [3.8, 4) is 5.75 Å². The SMILES string of the molecule is COc1c(/C(C)=C/C(=O)NC(CCCNC(N)=O)C(=O)O)cc2c3c(oc2c1C)CCCC3. The van der Waals surface area contributed by atoms with Crippen molar-refractivity contribution in [2.24, 2.45) is 5.73 Å². The molecule has 1 aliphatic carbocycles. The molecule has 3 rings (SSSR count). The smallest absolute Gasteiger partial charge is 0.326 e. The van der Waals surface area contributed by atoms with Gasteiger partial charge in [0.2, 0.25) is 5.91 Å². The van der Waals surface area contributed by atoms with E-state index in [1.807, 2.05) is 13.0 Å². The lowest BCUT2D eigenvalue weighted by atomic mass is 9.93. The van der Waals surface area contributed by atoms with E-state index in [9.17, 15) is 19.5 Å². The van der Waals surface area contributed by atoms with Gasteiger partial charge in [0.05, 0.1) is 7.11 Å². The number of hydrogen-bond donors (Lipinski definition) is 4. The van der Waals surface area contributed by atoms with Crippen molar-refractivity contribution in [1.29, 1.82) is 0 Å². The van der Waals surface area contributed by atoms with Crippen LogP contribution in [0, 0.1) is 6.92 Å². The van der Waals surface area contributed by atoms with Crippen LogP contribution in [0.15, 0.2) is 16.6 Å². The molecule has 1 aliphatic rings. The number of carboxylic acids is 1. The second kappa shape index (κ2) is 10.4. The third kappa shape index (κ3) is 5.47. The monoisotopic (exact) mass is 457 g/mol. The van der Waals surface area contributed by atoms with E-state index in [0.29, 0.717) is 17.7 Å². The van der Waals surface area contributed by atoms with Crippen LogP contribution in [0.3, 0.4) is 0 Å². The number of carboxylic acid groups (broad SMARTS) is 1. The van der Waals surface area contributed by atoms with Gasteiger partial charge in [0.25, 0.3) is 0 Å². The second-order valence-corrected chi connectivity index (χ2v) is 8.33. The maximum atomic E-state index is 12.6. The van der Waals surface area contributed by atoms with Gasteiger partial charge >= 0.3 is 12.0 Å². The molecule has 3 amide bonds. The van der Waals surface area contributed by atoms with Crippen molar-refractivity contribution in [3.63, 3.8) is 0 Å². The Kier molecular flexibility index (Phi) is 7.63. The molecule has 0 spiro atoms. The summed E-state index contributed by atoms with van der Waals surface area (Å²) in [5.41, 5.74) is 9.33. The van der Waals surface area contributed by atoms with Gasteiger partial charge in [-0.15, -0.1) is 0 Å². The molecule has 0 saturated carbocycles. The summed E-state index contributed by atoms with van der Waals surface area (Å²) in [6.07, 6.45) is 6.00. The summed E-state index contributed by atoms with van der Waals surface area (Å²) in [4.78, 5) is 34.9. The lowest BCUT2D eigenvalue weighted by Gasteiger charge is -2.15. The molecule has 1 atom stereocenters. The number of nitrogens with two attached hydrogens (primary N) is 1. The first-order chi connectivity index (χ1) is 15.7. The van der Waals surface area contributed by atoms with Crippen molar-refractivity contribution in [3.05, 3.63) is 34.6 Å². The Labute approximate surface area is 192 Å². The average Bonchev–Trinajstić information content (AvgIpc) is 3.14. The number of allylic oxidation sites excluding steroid dienone is 1. The lowest BCUT2D eigenvalue weighted by Crippen LogP contribution is -2.40. The molecule has 0 bridgehead atoms. The minimum absolute atomic E-state index is 0.157.